The van der Waals surface area contributed by atoms with Gasteiger partial charge in [-0.3, -0.25) is 0 Å². The summed E-state index contributed by atoms with van der Waals surface area (Å²) in [5.74, 6) is 2.33. The van der Waals surface area contributed by atoms with Gasteiger partial charge in [0.25, 0.3) is 0 Å². The SMILES string of the molecule is OC1CCC(CNCc2cc(Br)c3c(c2)OCCO3)CC1. The Morgan fingerprint density at radius 1 is 1.14 bits per heavy atom. The van der Waals surface area contributed by atoms with Crippen molar-refractivity contribution in [2.24, 2.45) is 5.92 Å². The number of aliphatic hydroxyl groups is 1. The molecule has 0 radical (unpaired) electrons. The van der Waals surface area contributed by atoms with E-state index in [0.29, 0.717) is 19.1 Å². The number of nitrogens with one attached hydrogen (secondary N) is 1. The van der Waals surface area contributed by atoms with E-state index < -0.39 is 0 Å². The fraction of sp³-hybridized carbons (Fsp3) is 0.625. The maximum Gasteiger partial charge on any atom is 0.175 e. The van der Waals surface area contributed by atoms with Crippen molar-refractivity contribution < 1.29 is 14.6 Å². The van der Waals surface area contributed by atoms with E-state index in [-0.39, 0.29) is 6.10 Å². The predicted molar refractivity (Wildman–Crippen MR) is 84.8 cm³/mol. The Balaban J connectivity index is 1.52. The van der Waals surface area contributed by atoms with Crippen molar-refractivity contribution in [3.05, 3.63) is 22.2 Å². The molecule has 116 valence electrons. The van der Waals surface area contributed by atoms with Gasteiger partial charge in [0.05, 0.1) is 10.6 Å². The van der Waals surface area contributed by atoms with Gasteiger partial charge in [0.15, 0.2) is 11.5 Å². The van der Waals surface area contributed by atoms with Crippen LogP contribution in [-0.2, 0) is 6.54 Å². The second kappa shape index (κ2) is 6.99. The third kappa shape index (κ3) is 3.90. The lowest BCUT2D eigenvalue weighted by Crippen LogP contribution is -2.27. The van der Waals surface area contributed by atoms with Crippen molar-refractivity contribution in [2.75, 3.05) is 19.8 Å². The molecule has 0 bridgehead atoms. The number of halogens is 1. The lowest BCUT2D eigenvalue weighted by atomic mass is 9.87. The van der Waals surface area contributed by atoms with Crippen LogP contribution in [0.1, 0.15) is 31.2 Å². The average Bonchev–Trinajstić information content (AvgIpc) is 2.49. The van der Waals surface area contributed by atoms with Gasteiger partial charge in [-0.15, -0.1) is 0 Å². The third-order valence-corrected chi connectivity index (χ3v) is 4.82. The van der Waals surface area contributed by atoms with E-state index >= 15 is 0 Å². The Labute approximate surface area is 134 Å². The highest BCUT2D eigenvalue weighted by Gasteiger charge is 2.19. The number of fused-ring (bicyclic) bond motifs is 1. The average molecular weight is 356 g/mol. The summed E-state index contributed by atoms with van der Waals surface area (Å²) in [6.45, 7) is 3.06. The van der Waals surface area contributed by atoms with Crippen LogP contribution in [-0.4, -0.2) is 31.0 Å². The van der Waals surface area contributed by atoms with Gasteiger partial charge in [-0.25, -0.2) is 0 Å². The summed E-state index contributed by atoms with van der Waals surface area (Å²) in [5.41, 5.74) is 1.20. The number of hydrogen-bond donors (Lipinski definition) is 2. The summed E-state index contributed by atoms with van der Waals surface area (Å²) in [6, 6.07) is 4.14. The molecule has 0 spiro atoms. The maximum atomic E-state index is 9.52. The van der Waals surface area contributed by atoms with Crippen molar-refractivity contribution in [1.29, 1.82) is 0 Å². The van der Waals surface area contributed by atoms with Crippen LogP contribution in [0.4, 0.5) is 0 Å². The predicted octanol–water partition coefficient (Wildman–Crippen LogP) is 2.86. The second-order valence-electron chi connectivity index (χ2n) is 5.91. The summed E-state index contributed by atoms with van der Waals surface area (Å²) >= 11 is 3.55. The van der Waals surface area contributed by atoms with E-state index in [1.807, 2.05) is 0 Å². The molecule has 3 rings (SSSR count). The van der Waals surface area contributed by atoms with E-state index in [1.54, 1.807) is 0 Å². The van der Waals surface area contributed by atoms with Gasteiger partial charge in [-0.1, -0.05) is 0 Å². The van der Waals surface area contributed by atoms with Crippen molar-refractivity contribution in [3.8, 4) is 11.5 Å². The molecule has 21 heavy (non-hydrogen) atoms. The van der Waals surface area contributed by atoms with Crippen LogP contribution in [0.15, 0.2) is 16.6 Å². The number of ether oxygens (including phenoxy) is 2. The molecule has 0 aromatic heterocycles. The first-order valence-electron chi connectivity index (χ1n) is 7.69. The van der Waals surface area contributed by atoms with Gasteiger partial charge < -0.3 is 19.9 Å². The molecule has 0 amide bonds. The number of rotatable bonds is 4. The Hall–Kier alpha value is -0.780. The highest BCUT2D eigenvalue weighted by molar-refractivity contribution is 9.10. The minimum absolute atomic E-state index is 0.0741. The largest absolute Gasteiger partial charge is 0.486 e. The maximum absolute atomic E-state index is 9.52. The molecule has 0 saturated heterocycles. The number of hydrogen-bond acceptors (Lipinski definition) is 4. The van der Waals surface area contributed by atoms with E-state index in [9.17, 15) is 5.11 Å². The molecular weight excluding hydrogens is 334 g/mol. The Kier molecular flexibility index (Phi) is 5.03. The van der Waals surface area contributed by atoms with E-state index in [2.05, 4.69) is 33.4 Å². The normalized spacial score (nSPS) is 24.9. The van der Waals surface area contributed by atoms with E-state index in [4.69, 9.17) is 9.47 Å². The molecule has 2 aliphatic rings. The van der Waals surface area contributed by atoms with Gasteiger partial charge in [0, 0.05) is 6.54 Å². The van der Waals surface area contributed by atoms with E-state index in [1.165, 1.54) is 5.56 Å². The summed E-state index contributed by atoms with van der Waals surface area (Å²) in [4.78, 5) is 0. The number of aliphatic hydroxyl groups excluding tert-OH is 1. The molecule has 5 heteroatoms. The quantitative estimate of drug-likeness (QED) is 0.871. The molecule has 4 nitrogen and oxygen atoms in total. The van der Waals surface area contributed by atoms with E-state index in [0.717, 1.165) is 54.7 Å². The summed E-state index contributed by atoms with van der Waals surface area (Å²) in [6.07, 6.45) is 4.07. The van der Waals surface area contributed by atoms with Crippen LogP contribution >= 0.6 is 15.9 Å². The van der Waals surface area contributed by atoms with Crippen LogP contribution in [0.25, 0.3) is 0 Å². The summed E-state index contributed by atoms with van der Waals surface area (Å²) in [5, 5.41) is 13.0. The molecule has 1 saturated carbocycles. The zero-order chi connectivity index (χ0) is 14.7. The Morgan fingerprint density at radius 2 is 1.90 bits per heavy atom. The van der Waals surface area contributed by atoms with Crippen molar-refractivity contribution in [1.82, 2.24) is 5.32 Å². The Morgan fingerprint density at radius 3 is 2.71 bits per heavy atom. The van der Waals surface area contributed by atoms with Gasteiger partial charge in [-0.05, 0) is 71.8 Å². The van der Waals surface area contributed by atoms with Crippen LogP contribution in [0, 0.1) is 5.92 Å². The third-order valence-electron chi connectivity index (χ3n) is 4.24. The minimum atomic E-state index is -0.0741. The highest BCUT2D eigenvalue weighted by atomic mass is 79.9. The number of benzene rings is 1. The fourth-order valence-electron chi connectivity index (χ4n) is 3.04. The molecule has 0 atom stereocenters. The van der Waals surface area contributed by atoms with Crippen LogP contribution in [0.5, 0.6) is 11.5 Å². The standard InChI is InChI=1S/C16H22BrNO3/c17-14-7-12(8-15-16(14)21-6-5-20-15)10-18-9-11-1-3-13(19)4-2-11/h7-8,11,13,18-19H,1-6,9-10H2. The molecule has 1 aromatic rings. The molecular formula is C16H22BrNO3. The van der Waals surface area contributed by atoms with Gasteiger partial charge >= 0.3 is 0 Å². The smallest absolute Gasteiger partial charge is 0.175 e. The summed E-state index contributed by atoms with van der Waals surface area (Å²) in [7, 11) is 0. The zero-order valence-electron chi connectivity index (χ0n) is 12.1. The monoisotopic (exact) mass is 355 g/mol. The minimum Gasteiger partial charge on any atom is -0.486 e. The molecule has 1 aliphatic heterocycles. The molecule has 1 aromatic carbocycles. The second-order valence-corrected chi connectivity index (χ2v) is 6.76. The first-order valence-corrected chi connectivity index (χ1v) is 8.48. The topological polar surface area (TPSA) is 50.7 Å². The molecule has 2 N–H and O–H groups in total. The lowest BCUT2D eigenvalue weighted by molar-refractivity contribution is 0.108. The molecule has 1 heterocycles. The molecule has 0 unspecified atom stereocenters. The Bertz CT molecular complexity index is 487. The van der Waals surface area contributed by atoms with Crippen LogP contribution in [0.3, 0.4) is 0 Å². The molecule has 1 aliphatic carbocycles. The van der Waals surface area contributed by atoms with Crippen LogP contribution < -0.4 is 14.8 Å². The fourth-order valence-corrected chi connectivity index (χ4v) is 3.64. The lowest BCUT2D eigenvalue weighted by Gasteiger charge is -2.25. The van der Waals surface area contributed by atoms with Crippen LogP contribution in [0.2, 0.25) is 0 Å². The molecule has 1 fully saturated rings. The van der Waals surface area contributed by atoms with Crippen molar-refractivity contribution in [2.45, 2.75) is 38.3 Å². The zero-order valence-corrected chi connectivity index (χ0v) is 13.7. The van der Waals surface area contributed by atoms with Crippen molar-refractivity contribution >= 4 is 15.9 Å². The summed E-state index contributed by atoms with van der Waals surface area (Å²) < 4.78 is 12.2. The van der Waals surface area contributed by atoms with Gasteiger partial charge in [0.2, 0.25) is 0 Å². The highest BCUT2D eigenvalue weighted by Crippen LogP contribution is 2.38. The first-order chi connectivity index (χ1) is 10.2. The first kappa shape index (κ1) is 15.1. The van der Waals surface area contributed by atoms with Gasteiger partial charge in [-0.2, -0.15) is 0 Å². The van der Waals surface area contributed by atoms with Gasteiger partial charge in [0.1, 0.15) is 13.2 Å². The van der Waals surface area contributed by atoms with Crippen molar-refractivity contribution in [3.63, 3.8) is 0 Å².